The second kappa shape index (κ2) is 6.38. The molecule has 106 valence electrons. The summed E-state index contributed by atoms with van der Waals surface area (Å²) in [5.74, 6) is -1.24. The van der Waals surface area contributed by atoms with Crippen molar-refractivity contribution < 1.29 is 19.8 Å². The molecule has 0 aromatic heterocycles. The lowest BCUT2D eigenvalue weighted by Gasteiger charge is -2.02. The van der Waals surface area contributed by atoms with Gasteiger partial charge in [-0.05, 0) is 48.0 Å². The molecule has 0 aliphatic rings. The molecule has 0 heterocycles. The van der Waals surface area contributed by atoms with Crippen LogP contribution >= 0.6 is 0 Å². The first kappa shape index (κ1) is 14.3. The number of phenolic OH excluding ortho intramolecular Hbond substituents is 1. The molecule has 0 bridgehead atoms. The van der Waals surface area contributed by atoms with Crippen LogP contribution in [0.15, 0.2) is 54.6 Å². The zero-order chi connectivity index (χ0) is 15.2. The molecule has 0 spiro atoms. The Hall–Kier alpha value is -3.08. The summed E-state index contributed by atoms with van der Waals surface area (Å²) >= 11 is 0. The number of aromatic hydroxyl groups is 1. The third-order valence-electron chi connectivity index (χ3n) is 2.70. The number of hydrogen-bond acceptors (Lipinski definition) is 3. The van der Waals surface area contributed by atoms with E-state index in [1.807, 2.05) is 0 Å². The fraction of sp³-hybridized carbons (Fsp3) is 0. The number of carboxylic acids is 1. The number of nitrogens with one attached hydrogen (secondary N) is 1. The van der Waals surface area contributed by atoms with Crippen molar-refractivity contribution in [2.75, 3.05) is 5.32 Å². The minimum Gasteiger partial charge on any atom is -0.508 e. The normalized spacial score (nSPS) is 10.5. The number of carboxylic acid groups (broad SMARTS) is 1. The fourth-order valence-corrected chi connectivity index (χ4v) is 1.68. The van der Waals surface area contributed by atoms with Gasteiger partial charge < -0.3 is 15.5 Å². The van der Waals surface area contributed by atoms with E-state index in [9.17, 15) is 14.7 Å². The predicted octanol–water partition coefficient (Wildman–Crippen LogP) is 2.74. The van der Waals surface area contributed by atoms with Crippen LogP contribution in [0, 0.1) is 0 Å². The van der Waals surface area contributed by atoms with Gasteiger partial charge in [0.05, 0.1) is 5.56 Å². The molecule has 0 saturated heterocycles. The van der Waals surface area contributed by atoms with E-state index >= 15 is 0 Å². The van der Waals surface area contributed by atoms with E-state index in [4.69, 9.17) is 5.11 Å². The first-order valence-corrected chi connectivity index (χ1v) is 6.16. The molecule has 2 aromatic rings. The zero-order valence-electron chi connectivity index (χ0n) is 11.0. The van der Waals surface area contributed by atoms with Crippen LogP contribution < -0.4 is 5.32 Å². The topological polar surface area (TPSA) is 86.6 Å². The smallest absolute Gasteiger partial charge is 0.335 e. The van der Waals surface area contributed by atoms with E-state index in [2.05, 4.69) is 5.32 Å². The van der Waals surface area contributed by atoms with Crippen molar-refractivity contribution in [3.05, 3.63) is 65.7 Å². The standard InChI is InChI=1S/C16H13NO4/c18-14-3-1-2-11(10-14)4-9-15(19)17-13-7-5-12(6-8-13)16(20)21/h1-10,18H,(H,17,19)(H,20,21). The van der Waals surface area contributed by atoms with Crippen LogP contribution in [0.25, 0.3) is 6.08 Å². The van der Waals surface area contributed by atoms with Crippen LogP contribution in [0.3, 0.4) is 0 Å². The third-order valence-corrected chi connectivity index (χ3v) is 2.70. The van der Waals surface area contributed by atoms with Gasteiger partial charge in [0.25, 0.3) is 0 Å². The number of phenols is 1. The molecule has 5 heteroatoms. The van der Waals surface area contributed by atoms with Crippen LogP contribution in [-0.2, 0) is 4.79 Å². The molecule has 1 amide bonds. The lowest BCUT2D eigenvalue weighted by atomic mass is 10.2. The summed E-state index contributed by atoms with van der Waals surface area (Å²) in [5.41, 5.74) is 1.36. The Kier molecular flexibility index (Phi) is 4.36. The van der Waals surface area contributed by atoms with Gasteiger partial charge in [-0.15, -0.1) is 0 Å². The van der Waals surface area contributed by atoms with Crippen molar-refractivity contribution in [2.45, 2.75) is 0 Å². The lowest BCUT2D eigenvalue weighted by Crippen LogP contribution is -2.08. The molecule has 5 nitrogen and oxygen atoms in total. The minimum absolute atomic E-state index is 0.127. The highest BCUT2D eigenvalue weighted by Crippen LogP contribution is 2.13. The molecule has 0 fully saturated rings. The van der Waals surface area contributed by atoms with Gasteiger partial charge in [-0.1, -0.05) is 12.1 Å². The second-order valence-corrected chi connectivity index (χ2v) is 4.30. The second-order valence-electron chi connectivity index (χ2n) is 4.30. The highest BCUT2D eigenvalue weighted by atomic mass is 16.4. The molecule has 0 atom stereocenters. The van der Waals surface area contributed by atoms with Gasteiger partial charge in [-0.25, -0.2) is 4.79 Å². The van der Waals surface area contributed by atoms with E-state index < -0.39 is 5.97 Å². The molecular formula is C16H13NO4. The summed E-state index contributed by atoms with van der Waals surface area (Å²) in [7, 11) is 0. The molecule has 2 rings (SSSR count). The van der Waals surface area contributed by atoms with Crippen molar-refractivity contribution in [3.63, 3.8) is 0 Å². The molecule has 0 aliphatic carbocycles. The molecule has 3 N–H and O–H groups in total. The number of rotatable bonds is 4. The molecule has 0 saturated carbocycles. The molecule has 0 unspecified atom stereocenters. The number of anilines is 1. The molecule has 0 aliphatic heterocycles. The number of hydrogen-bond donors (Lipinski definition) is 3. The number of carbonyl (C=O) groups is 2. The largest absolute Gasteiger partial charge is 0.508 e. The predicted molar refractivity (Wildman–Crippen MR) is 79.2 cm³/mol. The maximum absolute atomic E-state index is 11.7. The highest BCUT2D eigenvalue weighted by Gasteiger charge is 2.03. The summed E-state index contributed by atoms with van der Waals surface area (Å²) in [6.45, 7) is 0. The quantitative estimate of drug-likeness (QED) is 0.753. The van der Waals surface area contributed by atoms with Gasteiger partial charge in [-0.2, -0.15) is 0 Å². The molecule has 2 aromatic carbocycles. The Labute approximate surface area is 121 Å². The third kappa shape index (κ3) is 4.21. The van der Waals surface area contributed by atoms with Gasteiger partial charge in [0.1, 0.15) is 5.75 Å². The minimum atomic E-state index is -1.02. The maximum Gasteiger partial charge on any atom is 0.335 e. The number of amides is 1. The first-order chi connectivity index (χ1) is 10.0. The zero-order valence-corrected chi connectivity index (χ0v) is 11.0. The molecule has 0 radical (unpaired) electrons. The van der Waals surface area contributed by atoms with Crippen LogP contribution in [0.2, 0.25) is 0 Å². The van der Waals surface area contributed by atoms with Crippen LogP contribution in [0.4, 0.5) is 5.69 Å². The van der Waals surface area contributed by atoms with E-state index in [1.165, 1.54) is 36.4 Å². The maximum atomic E-state index is 11.7. The number of benzene rings is 2. The number of carbonyl (C=O) groups excluding carboxylic acids is 1. The summed E-state index contributed by atoms with van der Waals surface area (Å²) < 4.78 is 0. The Morgan fingerprint density at radius 1 is 1.05 bits per heavy atom. The average Bonchev–Trinajstić information content (AvgIpc) is 2.46. The molecular weight excluding hydrogens is 270 g/mol. The summed E-state index contributed by atoms with van der Waals surface area (Å²) in [5, 5.41) is 20.7. The Morgan fingerprint density at radius 3 is 2.38 bits per heavy atom. The van der Waals surface area contributed by atoms with Gasteiger partial charge in [-0.3, -0.25) is 4.79 Å². The van der Waals surface area contributed by atoms with E-state index in [0.717, 1.165) is 0 Å². The van der Waals surface area contributed by atoms with Crippen molar-refractivity contribution in [2.24, 2.45) is 0 Å². The van der Waals surface area contributed by atoms with Crippen molar-refractivity contribution in [3.8, 4) is 5.75 Å². The Bertz CT molecular complexity index is 690. The summed E-state index contributed by atoms with van der Waals surface area (Å²) in [4.78, 5) is 22.4. The Morgan fingerprint density at radius 2 is 1.76 bits per heavy atom. The van der Waals surface area contributed by atoms with Gasteiger partial charge in [0.15, 0.2) is 0 Å². The van der Waals surface area contributed by atoms with Crippen LogP contribution in [0.5, 0.6) is 5.75 Å². The monoisotopic (exact) mass is 283 g/mol. The highest BCUT2D eigenvalue weighted by molar-refractivity contribution is 6.02. The van der Waals surface area contributed by atoms with Crippen molar-refractivity contribution in [1.29, 1.82) is 0 Å². The fourth-order valence-electron chi connectivity index (χ4n) is 1.68. The van der Waals surface area contributed by atoms with Crippen molar-refractivity contribution >= 4 is 23.6 Å². The lowest BCUT2D eigenvalue weighted by molar-refractivity contribution is -0.111. The van der Waals surface area contributed by atoms with E-state index in [-0.39, 0.29) is 17.2 Å². The van der Waals surface area contributed by atoms with Crippen LogP contribution in [-0.4, -0.2) is 22.1 Å². The van der Waals surface area contributed by atoms with Gasteiger partial charge >= 0.3 is 5.97 Å². The van der Waals surface area contributed by atoms with E-state index in [0.29, 0.717) is 11.3 Å². The average molecular weight is 283 g/mol. The van der Waals surface area contributed by atoms with Crippen molar-refractivity contribution in [1.82, 2.24) is 0 Å². The van der Waals surface area contributed by atoms with E-state index in [1.54, 1.807) is 24.3 Å². The first-order valence-electron chi connectivity index (χ1n) is 6.16. The van der Waals surface area contributed by atoms with Gasteiger partial charge in [0, 0.05) is 11.8 Å². The SMILES string of the molecule is O=C(C=Cc1cccc(O)c1)Nc1ccc(C(=O)O)cc1. The van der Waals surface area contributed by atoms with Crippen LogP contribution in [0.1, 0.15) is 15.9 Å². The summed E-state index contributed by atoms with van der Waals surface area (Å²) in [6, 6.07) is 12.4. The van der Waals surface area contributed by atoms with Gasteiger partial charge in [0.2, 0.25) is 5.91 Å². The summed E-state index contributed by atoms with van der Waals surface area (Å²) in [6.07, 6.45) is 2.90. The number of aromatic carboxylic acids is 1. The Balaban J connectivity index is 1.99. The molecule has 21 heavy (non-hydrogen) atoms.